The third kappa shape index (κ3) is 3.96. The van der Waals surface area contributed by atoms with Crippen LogP contribution < -0.4 is 5.32 Å². The fourth-order valence-corrected chi connectivity index (χ4v) is 1.23. The Morgan fingerprint density at radius 1 is 1.67 bits per heavy atom. The Labute approximate surface area is 93.6 Å². The summed E-state index contributed by atoms with van der Waals surface area (Å²) in [4.78, 5) is 7.61. The standard InChI is InChI=1S/C10H11ClN4/c1-13-10(15-7-12)5-3-8-2-4-9(11)14-6-8/h2,4,6H,3,5H2,1H3,(H,13,15). The molecule has 0 bridgehead atoms. The van der Waals surface area contributed by atoms with Crippen LogP contribution in [0.15, 0.2) is 23.3 Å². The van der Waals surface area contributed by atoms with Crippen LogP contribution in [0.3, 0.4) is 0 Å². The van der Waals surface area contributed by atoms with Crippen LogP contribution in [0.25, 0.3) is 0 Å². The molecule has 0 aliphatic rings. The molecular formula is C10H11ClN4. The molecule has 0 aromatic carbocycles. The average Bonchev–Trinajstić information content (AvgIpc) is 2.26. The summed E-state index contributed by atoms with van der Waals surface area (Å²) in [6.07, 6.45) is 4.95. The number of pyridine rings is 1. The van der Waals surface area contributed by atoms with Crippen molar-refractivity contribution in [3.8, 4) is 6.19 Å². The monoisotopic (exact) mass is 222 g/mol. The van der Waals surface area contributed by atoms with Gasteiger partial charge in [0.2, 0.25) is 6.19 Å². The summed E-state index contributed by atoms with van der Waals surface area (Å²) >= 11 is 5.66. The van der Waals surface area contributed by atoms with Gasteiger partial charge in [-0.3, -0.25) is 0 Å². The van der Waals surface area contributed by atoms with E-state index in [1.807, 2.05) is 6.07 Å². The number of hydrogen-bond acceptors (Lipinski definition) is 3. The van der Waals surface area contributed by atoms with Crippen molar-refractivity contribution in [1.82, 2.24) is 10.3 Å². The first kappa shape index (κ1) is 11.5. The van der Waals surface area contributed by atoms with E-state index in [9.17, 15) is 0 Å². The average molecular weight is 223 g/mol. The minimum atomic E-state index is 0.485. The van der Waals surface area contributed by atoms with Crippen LogP contribution in [0.5, 0.6) is 0 Å². The molecule has 78 valence electrons. The van der Waals surface area contributed by atoms with Gasteiger partial charge in [0.1, 0.15) is 11.0 Å². The van der Waals surface area contributed by atoms with E-state index in [2.05, 4.69) is 15.3 Å². The van der Waals surface area contributed by atoms with Gasteiger partial charge in [0.05, 0.1) is 0 Å². The minimum Gasteiger partial charge on any atom is -0.376 e. The molecule has 0 amide bonds. The molecule has 1 aromatic rings. The number of aromatic nitrogens is 1. The lowest BCUT2D eigenvalue weighted by Gasteiger charge is -2.03. The molecule has 0 saturated heterocycles. The van der Waals surface area contributed by atoms with E-state index in [4.69, 9.17) is 16.9 Å². The molecule has 15 heavy (non-hydrogen) atoms. The predicted octanol–water partition coefficient (Wildman–Crippen LogP) is 1.77. The Bertz CT molecular complexity index is 377. The van der Waals surface area contributed by atoms with Gasteiger partial charge in [-0.25, -0.2) is 4.98 Å². The zero-order valence-electron chi connectivity index (χ0n) is 8.37. The number of nitrogens with zero attached hydrogens (tertiary/aromatic N) is 3. The topological polar surface area (TPSA) is 61.1 Å². The maximum absolute atomic E-state index is 8.39. The zero-order valence-corrected chi connectivity index (χ0v) is 9.12. The molecular weight excluding hydrogens is 212 g/mol. The largest absolute Gasteiger partial charge is 0.376 e. The first-order chi connectivity index (χ1) is 7.26. The lowest BCUT2D eigenvalue weighted by molar-refractivity contribution is 0.967. The molecule has 1 aromatic heterocycles. The van der Waals surface area contributed by atoms with Gasteiger partial charge < -0.3 is 5.32 Å². The molecule has 5 heteroatoms. The Morgan fingerprint density at radius 2 is 2.47 bits per heavy atom. The van der Waals surface area contributed by atoms with Crippen molar-refractivity contribution in [3.63, 3.8) is 0 Å². The lowest BCUT2D eigenvalue weighted by Crippen LogP contribution is -2.18. The quantitative estimate of drug-likeness (QED) is 0.367. The second kappa shape index (κ2) is 5.99. The van der Waals surface area contributed by atoms with E-state index in [-0.39, 0.29) is 0 Å². The molecule has 0 aliphatic carbocycles. The number of nitrogens with one attached hydrogen (secondary N) is 1. The van der Waals surface area contributed by atoms with Gasteiger partial charge >= 0.3 is 0 Å². The molecule has 4 nitrogen and oxygen atoms in total. The summed E-state index contributed by atoms with van der Waals surface area (Å²) in [5.41, 5.74) is 1.07. The van der Waals surface area contributed by atoms with Crippen LogP contribution in [-0.4, -0.2) is 17.9 Å². The summed E-state index contributed by atoms with van der Waals surface area (Å²) in [7, 11) is 1.75. The van der Waals surface area contributed by atoms with Crippen molar-refractivity contribution in [1.29, 1.82) is 5.26 Å². The molecule has 0 unspecified atom stereocenters. The van der Waals surface area contributed by atoms with E-state index < -0.39 is 0 Å². The summed E-state index contributed by atoms with van der Waals surface area (Å²) in [5.74, 6) is 0.674. The van der Waals surface area contributed by atoms with Gasteiger partial charge in [-0.2, -0.15) is 10.3 Å². The maximum atomic E-state index is 8.39. The Morgan fingerprint density at radius 3 is 3.00 bits per heavy atom. The fourth-order valence-electron chi connectivity index (χ4n) is 1.11. The van der Waals surface area contributed by atoms with Crippen LogP contribution in [0.2, 0.25) is 5.15 Å². The molecule has 0 saturated carbocycles. The SMILES string of the molecule is CNC(CCc1ccc(Cl)nc1)=NC#N. The molecule has 0 spiro atoms. The number of aliphatic imine (C=N–C) groups is 1. The number of nitriles is 1. The van der Waals surface area contributed by atoms with Crippen molar-refractivity contribution in [2.45, 2.75) is 12.8 Å². The van der Waals surface area contributed by atoms with Gasteiger partial charge in [-0.15, -0.1) is 0 Å². The summed E-state index contributed by atoms with van der Waals surface area (Å²) < 4.78 is 0. The normalized spacial score (nSPS) is 10.9. The third-order valence-corrected chi connectivity index (χ3v) is 2.14. The van der Waals surface area contributed by atoms with Gasteiger partial charge in [-0.05, 0) is 18.1 Å². The van der Waals surface area contributed by atoms with Crippen LogP contribution in [0.1, 0.15) is 12.0 Å². The smallest absolute Gasteiger partial charge is 0.207 e. The number of halogens is 1. The molecule has 1 heterocycles. The first-order valence-electron chi connectivity index (χ1n) is 4.50. The molecule has 0 radical (unpaired) electrons. The van der Waals surface area contributed by atoms with Crippen LogP contribution in [0.4, 0.5) is 0 Å². The van der Waals surface area contributed by atoms with Crippen LogP contribution in [0, 0.1) is 11.5 Å². The van der Waals surface area contributed by atoms with Crippen molar-refractivity contribution in [3.05, 3.63) is 29.0 Å². The highest BCUT2D eigenvalue weighted by Gasteiger charge is 1.99. The van der Waals surface area contributed by atoms with E-state index in [0.29, 0.717) is 17.4 Å². The van der Waals surface area contributed by atoms with Gasteiger partial charge in [0.25, 0.3) is 0 Å². The minimum absolute atomic E-state index is 0.485. The zero-order chi connectivity index (χ0) is 11.1. The number of amidine groups is 1. The highest BCUT2D eigenvalue weighted by molar-refractivity contribution is 6.29. The fraction of sp³-hybridized carbons (Fsp3) is 0.300. The van der Waals surface area contributed by atoms with Gasteiger partial charge in [0, 0.05) is 19.7 Å². The molecule has 0 aliphatic heterocycles. The van der Waals surface area contributed by atoms with E-state index in [1.54, 1.807) is 25.5 Å². The summed E-state index contributed by atoms with van der Waals surface area (Å²) in [5, 5.41) is 11.7. The van der Waals surface area contributed by atoms with Crippen molar-refractivity contribution in [2.75, 3.05) is 7.05 Å². The van der Waals surface area contributed by atoms with E-state index in [1.165, 1.54) is 0 Å². The number of aryl methyl sites for hydroxylation is 1. The Balaban J connectivity index is 2.54. The van der Waals surface area contributed by atoms with Crippen molar-refractivity contribution in [2.24, 2.45) is 4.99 Å². The Kier molecular flexibility index (Phi) is 4.58. The lowest BCUT2D eigenvalue weighted by atomic mass is 10.1. The second-order valence-corrected chi connectivity index (χ2v) is 3.28. The molecule has 1 N–H and O–H groups in total. The van der Waals surface area contributed by atoms with Crippen molar-refractivity contribution < 1.29 is 0 Å². The van der Waals surface area contributed by atoms with Crippen molar-refractivity contribution >= 4 is 17.4 Å². The molecule has 0 fully saturated rings. The molecule has 0 atom stereocenters. The maximum Gasteiger partial charge on any atom is 0.207 e. The second-order valence-electron chi connectivity index (χ2n) is 2.90. The van der Waals surface area contributed by atoms with Gasteiger partial charge in [-0.1, -0.05) is 17.7 Å². The summed E-state index contributed by atoms with van der Waals surface area (Å²) in [6.45, 7) is 0. The Hall–Kier alpha value is -1.60. The third-order valence-electron chi connectivity index (χ3n) is 1.91. The van der Waals surface area contributed by atoms with E-state index >= 15 is 0 Å². The highest BCUT2D eigenvalue weighted by Crippen LogP contribution is 2.07. The number of hydrogen-bond donors (Lipinski definition) is 1. The highest BCUT2D eigenvalue weighted by atomic mass is 35.5. The molecule has 1 rings (SSSR count). The van der Waals surface area contributed by atoms with E-state index in [0.717, 1.165) is 12.0 Å². The van der Waals surface area contributed by atoms with Crippen LogP contribution >= 0.6 is 11.6 Å². The number of rotatable bonds is 3. The van der Waals surface area contributed by atoms with Gasteiger partial charge in [0.15, 0.2) is 0 Å². The first-order valence-corrected chi connectivity index (χ1v) is 4.88. The predicted molar refractivity (Wildman–Crippen MR) is 59.7 cm³/mol. The van der Waals surface area contributed by atoms with Crippen LogP contribution in [-0.2, 0) is 6.42 Å². The summed E-state index contributed by atoms with van der Waals surface area (Å²) in [6, 6.07) is 3.66.